The predicted molar refractivity (Wildman–Crippen MR) is 64.0 cm³/mol. The van der Waals surface area contributed by atoms with Gasteiger partial charge in [-0.05, 0) is 35.6 Å². The van der Waals surface area contributed by atoms with Gasteiger partial charge in [-0.1, -0.05) is 25.4 Å². The Morgan fingerprint density at radius 1 is 1.25 bits per heavy atom. The molecule has 0 N–H and O–H groups in total. The molecule has 1 rings (SSSR count). The first-order chi connectivity index (χ1) is 7.58. The zero-order valence-corrected chi connectivity index (χ0v) is 10.2. The minimum absolute atomic E-state index is 0.341. The molecule has 0 amide bonds. The molecule has 2 nitrogen and oxygen atoms in total. The lowest BCUT2D eigenvalue weighted by atomic mass is 9.95. The maximum Gasteiger partial charge on any atom is 0.101 e. The Bertz CT molecular complexity index is 464. The van der Waals surface area contributed by atoms with Gasteiger partial charge in [-0.15, -0.1) is 0 Å². The van der Waals surface area contributed by atoms with Crippen LogP contribution in [-0.2, 0) is 12.8 Å². The van der Waals surface area contributed by atoms with E-state index in [1.807, 2.05) is 0 Å². The maximum atomic E-state index is 8.90. The lowest BCUT2D eigenvalue weighted by Crippen LogP contribution is -2.00. The number of halogens is 1. The lowest BCUT2D eigenvalue weighted by Gasteiger charge is -2.11. The second kappa shape index (κ2) is 5.54. The van der Waals surface area contributed by atoms with Crippen molar-refractivity contribution in [2.75, 3.05) is 0 Å². The van der Waals surface area contributed by atoms with Crippen LogP contribution in [0.5, 0.6) is 0 Å². The van der Waals surface area contributed by atoms with Crippen molar-refractivity contribution in [1.82, 2.24) is 0 Å². The molecule has 0 aliphatic carbocycles. The van der Waals surface area contributed by atoms with Crippen LogP contribution >= 0.6 is 11.6 Å². The summed E-state index contributed by atoms with van der Waals surface area (Å²) in [7, 11) is 0. The number of hydrogen-bond donors (Lipinski definition) is 0. The van der Waals surface area contributed by atoms with Crippen molar-refractivity contribution in [3.8, 4) is 12.1 Å². The van der Waals surface area contributed by atoms with Gasteiger partial charge < -0.3 is 0 Å². The molecular weight excluding hydrogens is 220 g/mol. The smallest absolute Gasteiger partial charge is 0.101 e. The Hall–Kier alpha value is -1.51. The topological polar surface area (TPSA) is 47.6 Å². The second-order valence-electron chi connectivity index (χ2n) is 4.15. The third-order valence-corrected chi connectivity index (χ3v) is 2.62. The van der Waals surface area contributed by atoms with Gasteiger partial charge in [0.2, 0.25) is 0 Å². The summed E-state index contributed by atoms with van der Waals surface area (Å²) in [5.41, 5.74) is 2.47. The van der Waals surface area contributed by atoms with Crippen LogP contribution in [0.2, 0.25) is 5.02 Å². The highest BCUT2D eigenvalue weighted by atomic mass is 35.5. The molecule has 0 bridgehead atoms. The fourth-order valence-electron chi connectivity index (χ4n) is 1.62. The average molecular weight is 233 g/mol. The number of benzene rings is 1. The van der Waals surface area contributed by atoms with Crippen LogP contribution in [0.4, 0.5) is 0 Å². The van der Waals surface area contributed by atoms with E-state index in [2.05, 4.69) is 26.0 Å². The van der Waals surface area contributed by atoms with Gasteiger partial charge in [0.1, 0.15) is 6.07 Å². The van der Waals surface area contributed by atoms with E-state index in [-0.39, 0.29) is 0 Å². The molecule has 0 saturated heterocycles. The Morgan fingerprint density at radius 2 is 1.94 bits per heavy atom. The quantitative estimate of drug-likeness (QED) is 0.801. The van der Waals surface area contributed by atoms with E-state index in [0.29, 0.717) is 22.9 Å². The van der Waals surface area contributed by atoms with Gasteiger partial charge in [-0.3, -0.25) is 0 Å². The van der Waals surface area contributed by atoms with E-state index < -0.39 is 0 Å². The largest absolute Gasteiger partial charge is 0.198 e. The number of nitrogens with zero attached hydrogens (tertiary/aromatic N) is 2. The van der Waals surface area contributed by atoms with Crippen LogP contribution in [0.25, 0.3) is 0 Å². The summed E-state index contributed by atoms with van der Waals surface area (Å²) in [5, 5.41) is 18.1. The van der Waals surface area contributed by atoms with Crippen LogP contribution in [0, 0.1) is 28.6 Å². The lowest BCUT2D eigenvalue weighted by molar-refractivity contribution is 0.644. The Morgan fingerprint density at radius 3 is 2.44 bits per heavy atom. The van der Waals surface area contributed by atoms with Gasteiger partial charge in [-0.2, -0.15) is 10.5 Å². The predicted octanol–water partition coefficient (Wildman–Crippen LogP) is 3.48. The van der Waals surface area contributed by atoms with Crippen molar-refractivity contribution in [1.29, 1.82) is 10.5 Å². The molecule has 0 aliphatic rings. The SMILES string of the molecule is CC(C)Cc1cc(C#N)c(Cl)cc1CC#N. The fraction of sp³-hybridized carbons (Fsp3) is 0.385. The molecule has 0 aromatic heterocycles. The molecule has 0 aliphatic heterocycles. The van der Waals surface area contributed by atoms with Crippen molar-refractivity contribution < 1.29 is 0 Å². The molecule has 0 heterocycles. The van der Waals surface area contributed by atoms with Gasteiger partial charge >= 0.3 is 0 Å². The van der Waals surface area contributed by atoms with Gasteiger partial charge in [0.15, 0.2) is 0 Å². The van der Waals surface area contributed by atoms with Crippen molar-refractivity contribution in [3.05, 3.63) is 33.8 Å². The molecule has 0 atom stereocenters. The molecule has 3 heteroatoms. The van der Waals surface area contributed by atoms with Crippen molar-refractivity contribution in [2.45, 2.75) is 26.7 Å². The van der Waals surface area contributed by atoms with Gasteiger partial charge in [0, 0.05) is 0 Å². The van der Waals surface area contributed by atoms with E-state index in [1.54, 1.807) is 12.1 Å². The van der Waals surface area contributed by atoms with E-state index in [1.165, 1.54) is 0 Å². The summed E-state index contributed by atoms with van der Waals surface area (Å²) in [4.78, 5) is 0. The number of nitriles is 2. The first-order valence-electron chi connectivity index (χ1n) is 5.16. The summed E-state index contributed by atoms with van der Waals surface area (Å²) in [6.07, 6.45) is 1.20. The standard InChI is InChI=1S/C13H13ClN2/c1-9(2)5-11-6-12(8-16)13(14)7-10(11)3-4-15/h6-7,9H,3,5H2,1-2H3. The highest BCUT2D eigenvalue weighted by molar-refractivity contribution is 6.31. The zero-order chi connectivity index (χ0) is 12.1. The minimum Gasteiger partial charge on any atom is -0.198 e. The Balaban J connectivity index is 3.21. The third kappa shape index (κ3) is 2.99. The number of rotatable bonds is 3. The highest BCUT2D eigenvalue weighted by Crippen LogP contribution is 2.23. The molecule has 0 fully saturated rings. The summed E-state index contributed by atoms with van der Waals surface area (Å²) in [6.45, 7) is 4.22. The molecule has 1 aromatic carbocycles. The fourth-order valence-corrected chi connectivity index (χ4v) is 1.85. The summed E-state index contributed by atoms with van der Waals surface area (Å²) in [6, 6.07) is 7.72. The van der Waals surface area contributed by atoms with Gasteiger partial charge in [0.25, 0.3) is 0 Å². The van der Waals surface area contributed by atoms with E-state index >= 15 is 0 Å². The monoisotopic (exact) mass is 232 g/mol. The molecule has 0 spiro atoms. The van der Waals surface area contributed by atoms with Crippen molar-refractivity contribution in [3.63, 3.8) is 0 Å². The molecule has 1 aromatic rings. The average Bonchev–Trinajstić information content (AvgIpc) is 2.21. The summed E-state index contributed by atoms with van der Waals surface area (Å²) < 4.78 is 0. The molecule has 0 unspecified atom stereocenters. The molecule has 16 heavy (non-hydrogen) atoms. The highest BCUT2D eigenvalue weighted by Gasteiger charge is 2.09. The van der Waals surface area contributed by atoms with Crippen LogP contribution < -0.4 is 0 Å². The van der Waals surface area contributed by atoms with Crippen molar-refractivity contribution in [2.24, 2.45) is 5.92 Å². The maximum absolute atomic E-state index is 8.90. The summed E-state index contributed by atoms with van der Waals surface area (Å²) in [5.74, 6) is 0.491. The van der Waals surface area contributed by atoms with Crippen LogP contribution in [0.3, 0.4) is 0 Å². The van der Waals surface area contributed by atoms with Gasteiger partial charge in [-0.25, -0.2) is 0 Å². The third-order valence-electron chi connectivity index (χ3n) is 2.31. The summed E-state index contributed by atoms with van der Waals surface area (Å²) >= 11 is 5.94. The Labute approximate surface area is 101 Å². The van der Waals surface area contributed by atoms with E-state index in [0.717, 1.165) is 17.5 Å². The normalized spacial score (nSPS) is 9.88. The zero-order valence-electron chi connectivity index (χ0n) is 9.42. The van der Waals surface area contributed by atoms with Crippen molar-refractivity contribution >= 4 is 11.6 Å². The van der Waals surface area contributed by atoms with Crippen LogP contribution in [-0.4, -0.2) is 0 Å². The van der Waals surface area contributed by atoms with E-state index in [4.69, 9.17) is 22.1 Å². The molecule has 82 valence electrons. The number of hydrogen-bond acceptors (Lipinski definition) is 2. The minimum atomic E-state index is 0.341. The molecule has 0 saturated carbocycles. The Kier molecular flexibility index (Phi) is 4.35. The second-order valence-corrected chi connectivity index (χ2v) is 4.55. The van der Waals surface area contributed by atoms with Crippen LogP contribution in [0.1, 0.15) is 30.5 Å². The molecule has 0 radical (unpaired) electrons. The first-order valence-corrected chi connectivity index (χ1v) is 5.54. The van der Waals surface area contributed by atoms with Crippen LogP contribution in [0.15, 0.2) is 12.1 Å². The van der Waals surface area contributed by atoms with E-state index in [9.17, 15) is 0 Å². The molecular formula is C13H13ClN2. The first kappa shape index (κ1) is 12.6. The van der Waals surface area contributed by atoms with Gasteiger partial charge in [0.05, 0.1) is 23.1 Å².